The third-order valence-corrected chi connectivity index (χ3v) is 4.42. The standard InChI is InChI=1S/C19H19F3N4O/c1-12(13(2)27)26-24-18(23-25-26)17-6-4-3-5-15(17)11-14-7-9-16(10-8-14)19(20,21)22/h3-10,12-13,27H,11H2,1-2H3/t12-,13-/m1/s1. The molecule has 1 aromatic heterocycles. The first-order valence-electron chi connectivity index (χ1n) is 8.47. The highest BCUT2D eigenvalue weighted by Crippen LogP contribution is 2.30. The van der Waals surface area contributed by atoms with Crippen molar-refractivity contribution >= 4 is 0 Å². The van der Waals surface area contributed by atoms with E-state index in [1.807, 2.05) is 24.3 Å². The Morgan fingerprint density at radius 1 is 1.04 bits per heavy atom. The fourth-order valence-electron chi connectivity index (χ4n) is 2.62. The van der Waals surface area contributed by atoms with Crippen molar-refractivity contribution in [2.45, 2.75) is 38.6 Å². The molecule has 0 bridgehead atoms. The van der Waals surface area contributed by atoms with Crippen LogP contribution in [0.15, 0.2) is 48.5 Å². The largest absolute Gasteiger partial charge is 0.416 e. The molecule has 0 saturated heterocycles. The monoisotopic (exact) mass is 376 g/mol. The number of nitrogens with zero attached hydrogens (tertiary/aromatic N) is 4. The first-order chi connectivity index (χ1) is 12.8. The van der Waals surface area contributed by atoms with Gasteiger partial charge < -0.3 is 5.11 Å². The lowest BCUT2D eigenvalue weighted by Crippen LogP contribution is -2.20. The van der Waals surface area contributed by atoms with Crippen LogP contribution in [0.1, 0.15) is 36.6 Å². The minimum Gasteiger partial charge on any atom is -0.391 e. The van der Waals surface area contributed by atoms with Crippen LogP contribution in [0.5, 0.6) is 0 Å². The third-order valence-electron chi connectivity index (χ3n) is 4.42. The van der Waals surface area contributed by atoms with Crippen LogP contribution in [-0.4, -0.2) is 31.4 Å². The highest BCUT2D eigenvalue weighted by atomic mass is 19.4. The molecule has 3 aromatic rings. The highest BCUT2D eigenvalue weighted by Gasteiger charge is 2.30. The summed E-state index contributed by atoms with van der Waals surface area (Å²) in [4.78, 5) is 1.36. The summed E-state index contributed by atoms with van der Waals surface area (Å²) in [7, 11) is 0. The number of halogens is 3. The molecule has 0 aliphatic heterocycles. The van der Waals surface area contributed by atoms with Crippen molar-refractivity contribution in [2.24, 2.45) is 0 Å². The summed E-state index contributed by atoms with van der Waals surface area (Å²) in [5, 5.41) is 22.1. The summed E-state index contributed by atoms with van der Waals surface area (Å²) < 4.78 is 38.1. The van der Waals surface area contributed by atoms with Gasteiger partial charge in [-0.2, -0.15) is 18.0 Å². The summed E-state index contributed by atoms with van der Waals surface area (Å²) in [6, 6.07) is 12.2. The molecule has 27 heavy (non-hydrogen) atoms. The number of hydrogen-bond acceptors (Lipinski definition) is 4. The quantitative estimate of drug-likeness (QED) is 0.734. The van der Waals surface area contributed by atoms with Gasteiger partial charge in [0.1, 0.15) is 0 Å². The molecule has 142 valence electrons. The van der Waals surface area contributed by atoms with Gasteiger partial charge in [-0.25, -0.2) is 0 Å². The maximum atomic E-state index is 12.7. The molecular formula is C19H19F3N4O. The molecule has 1 heterocycles. The smallest absolute Gasteiger partial charge is 0.391 e. The lowest BCUT2D eigenvalue weighted by molar-refractivity contribution is -0.137. The lowest BCUT2D eigenvalue weighted by atomic mass is 9.98. The number of tetrazole rings is 1. The topological polar surface area (TPSA) is 63.8 Å². The Balaban J connectivity index is 1.87. The number of aromatic nitrogens is 4. The summed E-state index contributed by atoms with van der Waals surface area (Å²) in [5.41, 5.74) is 1.71. The van der Waals surface area contributed by atoms with Crippen LogP contribution >= 0.6 is 0 Å². The number of alkyl halides is 3. The van der Waals surface area contributed by atoms with Crippen molar-refractivity contribution < 1.29 is 18.3 Å². The van der Waals surface area contributed by atoms with E-state index in [4.69, 9.17) is 0 Å². The van der Waals surface area contributed by atoms with Crippen LogP contribution in [-0.2, 0) is 12.6 Å². The van der Waals surface area contributed by atoms with Gasteiger partial charge in [0, 0.05) is 5.56 Å². The van der Waals surface area contributed by atoms with Gasteiger partial charge in [0.15, 0.2) is 0 Å². The van der Waals surface area contributed by atoms with Crippen LogP contribution in [0.25, 0.3) is 11.4 Å². The van der Waals surface area contributed by atoms with Crippen molar-refractivity contribution in [3.8, 4) is 11.4 Å². The average molecular weight is 376 g/mol. The first-order valence-corrected chi connectivity index (χ1v) is 8.47. The van der Waals surface area contributed by atoms with Gasteiger partial charge >= 0.3 is 6.18 Å². The number of aliphatic hydroxyl groups excluding tert-OH is 1. The molecule has 0 unspecified atom stereocenters. The lowest BCUT2D eigenvalue weighted by Gasteiger charge is -2.12. The van der Waals surface area contributed by atoms with E-state index in [-0.39, 0.29) is 6.04 Å². The molecule has 8 heteroatoms. The van der Waals surface area contributed by atoms with Crippen LogP contribution < -0.4 is 0 Å². The zero-order chi connectivity index (χ0) is 19.6. The zero-order valence-corrected chi connectivity index (χ0v) is 14.9. The van der Waals surface area contributed by atoms with Gasteiger partial charge in [-0.1, -0.05) is 36.4 Å². The van der Waals surface area contributed by atoms with E-state index in [2.05, 4.69) is 15.4 Å². The van der Waals surface area contributed by atoms with Gasteiger partial charge in [0.05, 0.1) is 17.7 Å². The van der Waals surface area contributed by atoms with Crippen LogP contribution in [0.2, 0.25) is 0 Å². The van der Waals surface area contributed by atoms with E-state index < -0.39 is 17.8 Å². The van der Waals surface area contributed by atoms with Gasteiger partial charge in [0.25, 0.3) is 0 Å². The molecule has 0 aliphatic carbocycles. The van der Waals surface area contributed by atoms with E-state index in [9.17, 15) is 18.3 Å². The van der Waals surface area contributed by atoms with Crippen molar-refractivity contribution in [3.05, 3.63) is 65.2 Å². The fraction of sp³-hybridized carbons (Fsp3) is 0.316. The normalized spacial score (nSPS) is 14.1. The predicted molar refractivity (Wildman–Crippen MR) is 93.9 cm³/mol. The Bertz CT molecular complexity index is 904. The van der Waals surface area contributed by atoms with Gasteiger partial charge in [-0.05, 0) is 48.7 Å². The molecule has 3 rings (SSSR count). The Morgan fingerprint density at radius 2 is 1.70 bits per heavy atom. The predicted octanol–water partition coefficient (Wildman–Crippen LogP) is 3.89. The SMILES string of the molecule is C[C@H]([C@@H](C)O)n1nnc(-c2ccccc2Cc2ccc(C(F)(F)F)cc2)n1. The minimum atomic E-state index is -4.35. The highest BCUT2D eigenvalue weighted by molar-refractivity contribution is 5.60. The van der Waals surface area contributed by atoms with Gasteiger partial charge in [0.2, 0.25) is 5.82 Å². The van der Waals surface area contributed by atoms with Crippen LogP contribution in [0, 0.1) is 0 Å². The van der Waals surface area contributed by atoms with Crippen molar-refractivity contribution in [3.63, 3.8) is 0 Å². The minimum absolute atomic E-state index is 0.326. The van der Waals surface area contributed by atoms with Crippen molar-refractivity contribution in [1.82, 2.24) is 20.2 Å². The number of aliphatic hydroxyl groups is 1. The summed E-state index contributed by atoms with van der Waals surface area (Å²) >= 11 is 0. The van der Waals surface area contributed by atoms with E-state index in [0.29, 0.717) is 12.2 Å². The second-order valence-corrected chi connectivity index (χ2v) is 6.44. The van der Waals surface area contributed by atoms with Crippen molar-refractivity contribution in [1.29, 1.82) is 0 Å². The summed E-state index contributed by atoms with van der Waals surface area (Å²) in [6.45, 7) is 3.43. The molecule has 1 N–H and O–H groups in total. The Hall–Kier alpha value is -2.74. The molecule has 0 amide bonds. The maximum absolute atomic E-state index is 12.7. The van der Waals surface area contributed by atoms with E-state index >= 15 is 0 Å². The summed E-state index contributed by atoms with van der Waals surface area (Å²) in [5.74, 6) is 0.407. The molecule has 0 fully saturated rings. The summed E-state index contributed by atoms with van der Waals surface area (Å²) in [6.07, 6.45) is -4.54. The second kappa shape index (κ2) is 7.48. The number of rotatable bonds is 5. The number of hydrogen-bond donors (Lipinski definition) is 1. The maximum Gasteiger partial charge on any atom is 0.416 e. The molecule has 2 aromatic carbocycles. The molecule has 0 aliphatic rings. The Kier molecular flexibility index (Phi) is 5.27. The average Bonchev–Trinajstić information content (AvgIpc) is 3.11. The molecule has 2 atom stereocenters. The van der Waals surface area contributed by atoms with Gasteiger partial charge in [-0.15, -0.1) is 10.2 Å². The molecule has 0 saturated carbocycles. The fourth-order valence-corrected chi connectivity index (χ4v) is 2.62. The molecule has 5 nitrogen and oxygen atoms in total. The van der Waals surface area contributed by atoms with Crippen molar-refractivity contribution in [2.75, 3.05) is 0 Å². The third kappa shape index (κ3) is 4.33. The molecular weight excluding hydrogens is 357 g/mol. The first kappa shape index (κ1) is 19.0. The second-order valence-electron chi connectivity index (χ2n) is 6.44. The number of benzene rings is 2. The van der Waals surface area contributed by atoms with E-state index in [1.54, 1.807) is 13.8 Å². The van der Waals surface area contributed by atoms with Crippen LogP contribution in [0.4, 0.5) is 13.2 Å². The van der Waals surface area contributed by atoms with E-state index in [0.717, 1.165) is 28.8 Å². The zero-order valence-electron chi connectivity index (χ0n) is 14.9. The van der Waals surface area contributed by atoms with E-state index in [1.165, 1.54) is 16.9 Å². The molecule has 0 radical (unpaired) electrons. The van der Waals surface area contributed by atoms with Crippen LogP contribution in [0.3, 0.4) is 0 Å². The molecule has 0 spiro atoms. The Morgan fingerprint density at radius 3 is 2.33 bits per heavy atom. The van der Waals surface area contributed by atoms with Gasteiger partial charge in [-0.3, -0.25) is 0 Å². The Labute approximate surface area is 154 Å².